The van der Waals surface area contributed by atoms with E-state index in [0.29, 0.717) is 11.5 Å². The minimum Gasteiger partial charge on any atom is -0.448 e. The Morgan fingerprint density at radius 2 is 1.81 bits per heavy atom. The summed E-state index contributed by atoms with van der Waals surface area (Å²) in [6, 6.07) is 2.36. The van der Waals surface area contributed by atoms with Gasteiger partial charge in [-0.2, -0.15) is 0 Å². The van der Waals surface area contributed by atoms with Gasteiger partial charge in [-0.25, -0.2) is 4.98 Å². The first kappa shape index (κ1) is 12.6. The fourth-order valence-electron chi connectivity index (χ4n) is 3.66. The van der Waals surface area contributed by atoms with Crippen LogP contribution in [0.15, 0.2) is 16.9 Å². The van der Waals surface area contributed by atoms with Crippen molar-refractivity contribution in [3.63, 3.8) is 0 Å². The van der Waals surface area contributed by atoms with Crippen LogP contribution in [0.25, 0.3) is 0 Å². The Kier molecular flexibility index (Phi) is 2.84. The fourth-order valence-corrected chi connectivity index (χ4v) is 3.66. The summed E-state index contributed by atoms with van der Waals surface area (Å²) in [5, 5.41) is 3.12. The third-order valence-corrected chi connectivity index (χ3v) is 4.67. The normalized spacial score (nSPS) is 15.9. The van der Waals surface area contributed by atoms with E-state index in [1.54, 1.807) is 6.92 Å². The number of carbonyl (C=O) groups excluding carboxylic acids is 1. The molecule has 0 fully saturated rings. The zero-order chi connectivity index (χ0) is 14.4. The second-order valence-corrected chi connectivity index (χ2v) is 5.95. The van der Waals surface area contributed by atoms with Gasteiger partial charge in [0, 0.05) is 5.69 Å². The summed E-state index contributed by atoms with van der Waals surface area (Å²) in [6.07, 6.45) is 8.09. The van der Waals surface area contributed by atoms with Gasteiger partial charge in [-0.3, -0.25) is 4.79 Å². The van der Waals surface area contributed by atoms with E-state index in [1.165, 1.54) is 41.5 Å². The molecule has 1 aromatic carbocycles. The van der Waals surface area contributed by atoms with E-state index in [9.17, 15) is 4.79 Å². The molecule has 0 atom stereocenters. The third-order valence-electron chi connectivity index (χ3n) is 4.67. The van der Waals surface area contributed by atoms with Crippen LogP contribution in [0.3, 0.4) is 0 Å². The number of aryl methyl sites for hydroxylation is 3. The zero-order valence-electron chi connectivity index (χ0n) is 12.2. The lowest BCUT2D eigenvalue weighted by Gasteiger charge is -2.15. The summed E-state index contributed by atoms with van der Waals surface area (Å²) in [5.74, 6) is 0.410. The first-order valence-electron chi connectivity index (χ1n) is 7.62. The minimum atomic E-state index is -0.157. The number of hydrogen-bond donors (Lipinski definition) is 1. The van der Waals surface area contributed by atoms with Crippen molar-refractivity contribution in [3.05, 3.63) is 46.2 Å². The number of nitrogens with one attached hydrogen (secondary N) is 1. The SMILES string of the molecule is Cc1ocnc1C(=O)Nc1c2c(cc3c1CCC3)CCC2. The Labute approximate surface area is 123 Å². The molecule has 1 aromatic heterocycles. The van der Waals surface area contributed by atoms with Crippen molar-refractivity contribution >= 4 is 11.6 Å². The molecule has 0 aliphatic heterocycles. The number of hydrogen-bond acceptors (Lipinski definition) is 3. The summed E-state index contributed by atoms with van der Waals surface area (Å²) in [7, 11) is 0. The van der Waals surface area contributed by atoms with Crippen molar-refractivity contribution in [2.24, 2.45) is 0 Å². The minimum absolute atomic E-state index is 0.157. The van der Waals surface area contributed by atoms with E-state index >= 15 is 0 Å². The van der Waals surface area contributed by atoms with Gasteiger partial charge in [0.05, 0.1) is 0 Å². The molecule has 2 aliphatic rings. The maximum absolute atomic E-state index is 12.5. The molecule has 4 rings (SSSR count). The van der Waals surface area contributed by atoms with E-state index in [4.69, 9.17) is 4.42 Å². The number of oxazole rings is 1. The second kappa shape index (κ2) is 4.72. The highest BCUT2D eigenvalue weighted by Crippen LogP contribution is 2.38. The molecule has 108 valence electrons. The molecule has 21 heavy (non-hydrogen) atoms. The van der Waals surface area contributed by atoms with Crippen molar-refractivity contribution in [2.75, 3.05) is 5.32 Å². The van der Waals surface area contributed by atoms with Gasteiger partial charge < -0.3 is 9.73 Å². The zero-order valence-corrected chi connectivity index (χ0v) is 12.2. The van der Waals surface area contributed by atoms with Crippen molar-refractivity contribution in [2.45, 2.75) is 45.4 Å². The van der Waals surface area contributed by atoms with Crippen molar-refractivity contribution in [1.82, 2.24) is 4.98 Å². The molecule has 4 heteroatoms. The number of aromatic nitrogens is 1. The monoisotopic (exact) mass is 282 g/mol. The maximum atomic E-state index is 12.5. The van der Waals surface area contributed by atoms with E-state index in [2.05, 4.69) is 16.4 Å². The Hall–Kier alpha value is -2.10. The van der Waals surface area contributed by atoms with Crippen LogP contribution in [0, 0.1) is 6.92 Å². The summed E-state index contributed by atoms with van der Waals surface area (Å²) in [5.41, 5.74) is 6.96. The predicted molar refractivity (Wildman–Crippen MR) is 79.7 cm³/mol. The summed E-state index contributed by atoms with van der Waals surface area (Å²) >= 11 is 0. The van der Waals surface area contributed by atoms with Gasteiger partial charge in [-0.15, -0.1) is 0 Å². The molecule has 0 saturated heterocycles. The summed E-state index contributed by atoms with van der Waals surface area (Å²) in [6.45, 7) is 1.77. The van der Waals surface area contributed by atoms with Gasteiger partial charge in [0.15, 0.2) is 12.1 Å². The van der Waals surface area contributed by atoms with Crippen LogP contribution in [0.1, 0.15) is 51.3 Å². The molecule has 0 spiro atoms. The Balaban J connectivity index is 1.75. The van der Waals surface area contributed by atoms with E-state index < -0.39 is 0 Å². The summed E-state index contributed by atoms with van der Waals surface area (Å²) in [4.78, 5) is 16.5. The third kappa shape index (κ3) is 1.97. The molecule has 0 saturated carbocycles. The van der Waals surface area contributed by atoms with Crippen LogP contribution in [-0.2, 0) is 25.7 Å². The molecule has 1 heterocycles. The van der Waals surface area contributed by atoms with Crippen molar-refractivity contribution in [1.29, 1.82) is 0 Å². The van der Waals surface area contributed by atoms with Crippen molar-refractivity contribution in [3.8, 4) is 0 Å². The number of nitrogens with zero attached hydrogens (tertiary/aromatic N) is 1. The van der Waals surface area contributed by atoms with Crippen LogP contribution in [0.2, 0.25) is 0 Å². The van der Waals surface area contributed by atoms with Crippen LogP contribution in [-0.4, -0.2) is 10.9 Å². The Morgan fingerprint density at radius 3 is 2.38 bits per heavy atom. The van der Waals surface area contributed by atoms with Crippen LogP contribution < -0.4 is 5.32 Å². The van der Waals surface area contributed by atoms with Crippen LogP contribution in [0.4, 0.5) is 5.69 Å². The lowest BCUT2D eigenvalue weighted by Crippen LogP contribution is -2.16. The molecule has 2 aromatic rings. The lowest BCUT2D eigenvalue weighted by atomic mass is 9.98. The standard InChI is InChI=1S/C17H18N2O2/c1-10-15(18-9-21-10)17(20)19-16-13-6-2-4-11(13)8-12-5-3-7-14(12)16/h8-9H,2-7H2,1H3,(H,19,20). The topological polar surface area (TPSA) is 55.1 Å². The summed E-state index contributed by atoms with van der Waals surface area (Å²) < 4.78 is 5.14. The van der Waals surface area contributed by atoms with Crippen LogP contribution >= 0.6 is 0 Å². The highest BCUT2D eigenvalue weighted by atomic mass is 16.3. The molecular weight excluding hydrogens is 264 g/mol. The Bertz CT molecular complexity index is 698. The van der Waals surface area contributed by atoms with Gasteiger partial charge in [0.1, 0.15) is 5.76 Å². The predicted octanol–water partition coefficient (Wildman–Crippen LogP) is 3.21. The average Bonchev–Trinajstić information content (AvgIpc) is 3.17. The largest absolute Gasteiger partial charge is 0.448 e. The van der Waals surface area contributed by atoms with Gasteiger partial charge in [-0.1, -0.05) is 6.07 Å². The van der Waals surface area contributed by atoms with Gasteiger partial charge in [0.25, 0.3) is 5.91 Å². The number of anilines is 1. The average molecular weight is 282 g/mol. The molecule has 1 amide bonds. The smallest absolute Gasteiger partial charge is 0.277 e. The van der Waals surface area contributed by atoms with E-state index in [1.807, 2.05) is 0 Å². The Morgan fingerprint density at radius 1 is 1.14 bits per heavy atom. The first-order chi connectivity index (χ1) is 10.2. The van der Waals surface area contributed by atoms with Gasteiger partial charge in [-0.05, 0) is 67.7 Å². The highest BCUT2D eigenvalue weighted by molar-refractivity contribution is 6.04. The second-order valence-electron chi connectivity index (χ2n) is 5.95. The number of carbonyl (C=O) groups is 1. The molecule has 0 radical (unpaired) electrons. The van der Waals surface area contributed by atoms with Gasteiger partial charge >= 0.3 is 0 Å². The highest BCUT2D eigenvalue weighted by Gasteiger charge is 2.26. The number of benzene rings is 1. The molecule has 0 bridgehead atoms. The fraction of sp³-hybridized carbons (Fsp3) is 0.412. The quantitative estimate of drug-likeness (QED) is 0.920. The lowest BCUT2D eigenvalue weighted by molar-refractivity contribution is 0.102. The van der Waals surface area contributed by atoms with Crippen LogP contribution in [0.5, 0.6) is 0 Å². The number of amides is 1. The van der Waals surface area contributed by atoms with E-state index in [-0.39, 0.29) is 5.91 Å². The molecule has 2 aliphatic carbocycles. The first-order valence-corrected chi connectivity index (χ1v) is 7.62. The number of fused-ring (bicyclic) bond motifs is 2. The molecule has 1 N–H and O–H groups in total. The molecule has 0 unspecified atom stereocenters. The molecule has 4 nitrogen and oxygen atoms in total. The van der Waals surface area contributed by atoms with E-state index in [0.717, 1.165) is 31.4 Å². The maximum Gasteiger partial charge on any atom is 0.277 e. The van der Waals surface area contributed by atoms with Gasteiger partial charge in [0.2, 0.25) is 0 Å². The van der Waals surface area contributed by atoms with Crippen molar-refractivity contribution < 1.29 is 9.21 Å². The number of rotatable bonds is 2. The molecular formula is C17H18N2O2.